The molecule has 1 amide bonds. The van der Waals surface area contributed by atoms with Gasteiger partial charge in [0.1, 0.15) is 11.6 Å². The zero-order chi connectivity index (χ0) is 18.7. The number of methoxy groups -OCH3 is 2. The minimum Gasteiger partial charge on any atom is -0.494 e. The Labute approximate surface area is 150 Å². The fourth-order valence-corrected chi connectivity index (χ4v) is 3.14. The number of hydrogen-bond acceptors (Lipinski definition) is 5. The quantitative estimate of drug-likeness (QED) is 0.817. The third-order valence-corrected chi connectivity index (χ3v) is 4.34. The number of aliphatic hydroxyl groups excluding tert-OH is 1. The summed E-state index contributed by atoms with van der Waals surface area (Å²) in [5, 5.41) is 22.1. The molecule has 7 heteroatoms. The second-order valence-electron chi connectivity index (χ2n) is 5.72. The summed E-state index contributed by atoms with van der Waals surface area (Å²) in [5.74, 6) is -0.500. The lowest BCUT2D eigenvalue weighted by Crippen LogP contribution is -2.53. The van der Waals surface area contributed by atoms with Crippen molar-refractivity contribution in [1.82, 2.24) is 5.32 Å². The van der Waals surface area contributed by atoms with Gasteiger partial charge in [-0.3, -0.25) is 10.1 Å². The van der Waals surface area contributed by atoms with Crippen LogP contribution in [0.15, 0.2) is 60.2 Å². The number of nitrogens with one attached hydrogen (secondary N) is 1. The number of aliphatic hydroxyl groups is 1. The first-order chi connectivity index (χ1) is 12.6. The molecule has 2 aromatic rings. The van der Waals surface area contributed by atoms with E-state index in [4.69, 9.17) is 9.47 Å². The van der Waals surface area contributed by atoms with Gasteiger partial charge in [0.15, 0.2) is 23.9 Å². The Kier molecular flexibility index (Phi) is 4.76. The third-order valence-electron chi connectivity index (χ3n) is 4.34. The second kappa shape index (κ2) is 7.15. The average Bonchev–Trinajstić information content (AvgIpc) is 2.67. The maximum Gasteiger partial charge on any atom is 0.296 e. The molecular weight excluding hydrogens is 334 g/mol. The van der Waals surface area contributed by atoms with E-state index in [1.54, 1.807) is 47.3 Å². The molecule has 1 aliphatic heterocycles. The first kappa shape index (κ1) is 17.3. The summed E-state index contributed by atoms with van der Waals surface area (Å²) in [6.07, 6.45) is 3.49. The molecule has 0 fully saturated rings. The number of rotatable bonds is 4. The number of nitrogens with zero attached hydrogens (tertiary/aromatic N) is 2. The highest BCUT2D eigenvalue weighted by molar-refractivity contribution is 5.84. The molecule has 0 radical (unpaired) electrons. The largest absolute Gasteiger partial charge is 0.494 e. The number of carbonyl (C=O) groups excluding carboxylic acids is 1. The number of nitriles is 1. The molecular formula is C19H18N3O4+. The van der Waals surface area contributed by atoms with E-state index in [2.05, 4.69) is 5.32 Å². The summed E-state index contributed by atoms with van der Waals surface area (Å²) in [4.78, 5) is 12.6. The van der Waals surface area contributed by atoms with E-state index in [9.17, 15) is 15.2 Å². The zero-order valence-corrected chi connectivity index (χ0v) is 14.3. The Morgan fingerprint density at radius 1 is 1.15 bits per heavy atom. The molecule has 7 nitrogen and oxygen atoms in total. The lowest BCUT2D eigenvalue weighted by atomic mass is 9.82. The van der Waals surface area contributed by atoms with Crippen LogP contribution in [-0.2, 0) is 4.79 Å². The van der Waals surface area contributed by atoms with Crippen molar-refractivity contribution in [3.8, 4) is 17.6 Å². The maximum absolute atomic E-state index is 12.6. The smallest absolute Gasteiger partial charge is 0.296 e. The fourth-order valence-electron chi connectivity index (χ4n) is 3.14. The number of amides is 1. The van der Waals surface area contributed by atoms with Crippen LogP contribution in [0.5, 0.6) is 11.5 Å². The van der Waals surface area contributed by atoms with Gasteiger partial charge in [0.2, 0.25) is 11.9 Å². The van der Waals surface area contributed by atoms with E-state index < -0.39 is 23.8 Å². The van der Waals surface area contributed by atoms with Gasteiger partial charge in [0.05, 0.1) is 20.1 Å². The van der Waals surface area contributed by atoms with Crippen LogP contribution in [0.1, 0.15) is 17.5 Å². The van der Waals surface area contributed by atoms with Gasteiger partial charge in [0.25, 0.3) is 5.91 Å². The summed E-state index contributed by atoms with van der Waals surface area (Å²) in [5.41, 5.74) is 0.736. The maximum atomic E-state index is 12.6. The summed E-state index contributed by atoms with van der Waals surface area (Å²) in [6.45, 7) is 0. The van der Waals surface area contributed by atoms with E-state index in [0.717, 1.165) is 0 Å². The molecule has 1 aromatic carbocycles. The van der Waals surface area contributed by atoms with Crippen molar-refractivity contribution in [2.75, 3.05) is 14.2 Å². The van der Waals surface area contributed by atoms with Crippen LogP contribution in [0, 0.1) is 11.3 Å². The third kappa shape index (κ3) is 2.93. The van der Waals surface area contributed by atoms with Crippen molar-refractivity contribution in [1.29, 1.82) is 5.26 Å². The van der Waals surface area contributed by atoms with Crippen molar-refractivity contribution < 1.29 is 23.9 Å². The summed E-state index contributed by atoms with van der Waals surface area (Å²) in [6, 6.07) is 11.9. The van der Waals surface area contributed by atoms with E-state index in [0.29, 0.717) is 17.1 Å². The van der Waals surface area contributed by atoms with Gasteiger partial charge in [-0.05, 0) is 17.7 Å². The number of aromatic nitrogens is 1. The lowest BCUT2D eigenvalue weighted by molar-refractivity contribution is -0.711. The Morgan fingerprint density at radius 2 is 1.85 bits per heavy atom. The highest BCUT2D eigenvalue weighted by Crippen LogP contribution is 2.39. The fraction of sp³-hybridized carbons (Fsp3) is 0.211. The number of hydrogen-bond donors (Lipinski definition) is 2. The normalized spacial score (nSPS) is 19.5. The number of allylic oxidation sites excluding steroid dienone is 1. The molecule has 0 bridgehead atoms. The molecule has 3 rings (SSSR count). The van der Waals surface area contributed by atoms with Crippen molar-refractivity contribution in [3.05, 3.63) is 65.8 Å². The molecule has 2 heterocycles. The van der Waals surface area contributed by atoms with Gasteiger partial charge in [-0.2, -0.15) is 9.83 Å². The van der Waals surface area contributed by atoms with Crippen LogP contribution in [0.2, 0.25) is 0 Å². The van der Waals surface area contributed by atoms with Crippen LogP contribution in [0.3, 0.4) is 0 Å². The monoisotopic (exact) mass is 352 g/mol. The zero-order valence-electron chi connectivity index (χ0n) is 14.3. The minimum atomic E-state index is -0.736. The van der Waals surface area contributed by atoms with Crippen molar-refractivity contribution >= 4 is 5.91 Å². The highest BCUT2D eigenvalue weighted by atomic mass is 16.5. The van der Waals surface area contributed by atoms with E-state index in [1.165, 1.54) is 14.2 Å². The van der Waals surface area contributed by atoms with Crippen molar-refractivity contribution in [3.63, 3.8) is 0 Å². The molecule has 1 aliphatic rings. The van der Waals surface area contributed by atoms with Gasteiger partial charge < -0.3 is 14.6 Å². The molecule has 26 heavy (non-hydrogen) atoms. The van der Waals surface area contributed by atoms with Gasteiger partial charge in [0, 0.05) is 12.1 Å². The SMILES string of the molecule is COc1ccc([C@H]2C(C#N)=C(O)NC(=O)[C@@H]2[n+]2ccccc2)cc1OC. The van der Waals surface area contributed by atoms with Gasteiger partial charge in [-0.1, -0.05) is 12.1 Å². The van der Waals surface area contributed by atoms with E-state index in [-0.39, 0.29) is 5.57 Å². The topological polar surface area (TPSA) is 95.5 Å². The first-order valence-electron chi connectivity index (χ1n) is 7.92. The molecule has 2 N–H and O–H groups in total. The number of ether oxygens (including phenoxy) is 2. The average molecular weight is 352 g/mol. The molecule has 0 saturated heterocycles. The summed E-state index contributed by atoms with van der Waals surface area (Å²) < 4.78 is 12.3. The van der Waals surface area contributed by atoms with Gasteiger partial charge in [-0.15, -0.1) is 0 Å². The molecule has 132 valence electrons. The van der Waals surface area contributed by atoms with E-state index >= 15 is 0 Å². The van der Waals surface area contributed by atoms with Crippen molar-refractivity contribution in [2.24, 2.45) is 0 Å². The van der Waals surface area contributed by atoms with Crippen LogP contribution in [0.4, 0.5) is 0 Å². The van der Waals surface area contributed by atoms with Crippen LogP contribution < -0.4 is 19.4 Å². The first-order valence-corrected chi connectivity index (χ1v) is 7.92. The molecule has 2 atom stereocenters. The van der Waals surface area contributed by atoms with E-state index in [1.807, 2.05) is 12.1 Å². The van der Waals surface area contributed by atoms with Gasteiger partial charge in [-0.25, -0.2) is 0 Å². The molecule has 0 aliphatic carbocycles. The molecule has 0 saturated carbocycles. The Bertz CT molecular complexity index is 903. The Balaban J connectivity index is 2.19. The second-order valence-corrected chi connectivity index (χ2v) is 5.72. The van der Waals surface area contributed by atoms with Crippen LogP contribution in [-0.4, -0.2) is 25.2 Å². The molecule has 1 aromatic heterocycles. The highest BCUT2D eigenvalue weighted by Gasteiger charge is 2.45. The Hall–Kier alpha value is -3.53. The van der Waals surface area contributed by atoms with Crippen molar-refractivity contribution in [2.45, 2.75) is 12.0 Å². The predicted octanol–water partition coefficient (Wildman–Crippen LogP) is 1.74. The lowest BCUT2D eigenvalue weighted by Gasteiger charge is -2.27. The summed E-state index contributed by atoms with van der Waals surface area (Å²) >= 11 is 0. The van der Waals surface area contributed by atoms with Crippen LogP contribution in [0.25, 0.3) is 0 Å². The predicted molar refractivity (Wildman–Crippen MR) is 91.4 cm³/mol. The molecule has 0 spiro atoms. The number of pyridine rings is 1. The van der Waals surface area contributed by atoms with Crippen LogP contribution >= 0.6 is 0 Å². The number of benzene rings is 1. The minimum absolute atomic E-state index is 0.0816. The summed E-state index contributed by atoms with van der Waals surface area (Å²) in [7, 11) is 3.04. The van der Waals surface area contributed by atoms with Gasteiger partial charge >= 0.3 is 0 Å². The number of carbonyl (C=O) groups is 1. The Morgan fingerprint density at radius 3 is 2.46 bits per heavy atom. The standard InChI is InChI=1S/C19H17N3O4/c1-25-14-7-6-12(10-15(14)26-2)16-13(11-20)18(23)21-19(24)17(16)22-8-4-3-5-9-22/h3-10,16-17H,1-2H3,(H-,21,23,24)/p+1/t16-,17+/m0/s1. The molecule has 0 unspecified atom stereocenters.